The van der Waals surface area contributed by atoms with Gasteiger partial charge >= 0.3 is 14.0 Å². The van der Waals surface area contributed by atoms with E-state index in [0.717, 1.165) is 6.42 Å². The minimum atomic E-state index is -0.471. The van der Waals surface area contributed by atoms with Gasteiger partial charge in [0.1, 0.15) is 0 Å². The van der Waals surface area contributed by atoms with E-state index in [9.17, 15) is 0 Å². The fraction of sp³-hybridized carbons (Fsp3) is 1.00. The van der Waals surface area contributed by atoms with E-state index in [0.29, 0.717) is 0 Å². The third-order valence-corrected chi connectivity index (χ3v) is 6.61. The zero-order valence-electron chi connectivity index (χ0n) is 12.5. The summed E-state index contributed by atoms with van der Waals surface area (Å²) in [5.41, 5.74) is -1.49. The highest BCUT2D eigenvalue weighted by atomic mass is 79.9. The maximum Gasteiger partial charge on any atom is 0.489 e. The molecule has 3 saturated heterocycles. The van der Waals surface area contributed by atoms with Crippen molar-refractivity contribution in [3.63, 3.8) is 0 Å². The number of halogens is 1. The Labute approximate surface area is 124 Å². The van der Waals surface area contributed by atoms with Gasteiger partial charge in [0.25, 0.3) is 0 Å². The molecule has 3 heterocycles. The molecule has 0 aromatic rings. The van der Waals surface area contributed by atoms with Crippen LogP contribution in [-0.4, -0.2) is 41.2 Å². The van der Waals surface area contributed by atoms with E-state index >= 15 is 0 Å². The van der Waals surface area contributed by atoms with Gasteiger partial charge < -0.3 is 18.6 Å². The van der Waals surface area contributed by atoms with Gasteiger partial charge in [-0.25, -0.2) is 0 Å². The van der Waals surface area contributed by atoms with Crippen LogP contribution in [-0.2, 0) is 18.6 Å². The maximum absolute atomic E-state index is 6.17. The SMILES string of the molecule is CC1(C)OB2OC1(C)CC(Br)C1(C)OB2OC1(C)C. The molecular weight excluding hydrogens is 310 g/mol. The number of rotatable bonds is 0. The highest BCUT2D eigenvalue weighted by Gasteiger charge is 2.70. The standard InChI is InChI=1S/C12H21B2BrO4/c1-9(2)11(5)7-8(15)12(6)10(3,4)17-14(19-12)13(16-9)18-11/h8H,7H2,1-6H3. The zero-order chi connectivity index (χ0) is 14.3. The molecule has 0 N–H and O–H groups in total. The average molecular weight is 331 g/mol. The Bertz CT molecular complexity index is 419. The van der Waals surface area contributed by atoms with Crippen molar-refractivity contribution in [1.82, 2.24) is 0 Å². The maximum atomic E-state index is 6.17. The molecule has 3 rings (SSSR count). The van der Waals surface area contributed by atoms with Gasteiger partial charge in [-0.2, -0.15) is 0 Å². The van der Waals surface area contributed by atoms with Crippen LogP contribution in [0, 0.1) is 0 Å². The lowest BCUT2D eigenvalue weighted by atomic mass is 9.49. The Hall–Kier alpha value is 0.450. The highest BCUT2D eigenvalue weighted by Crippen LogP contribution is 2.52. The molecule has 0 amide bonds. The Kier molecular flexibility index (Phi) is 2.88. The van der Waals surface area contributed by atoms with E-state index in [1.807, 2.05) is 0 Å². The summed E-state index contributed by atoms with van der Waals surface area (Å²) in [4.78, 5) is 0.131. The first-order valence-electron chi connectivity index (χ1n) is 6.86. The van der Waals surface area contributed by atoms with Crippen LogP contribution in [0.4, 0.5) is 0 Å². The average Bonchev–Trinajstić information content (AvgIpc) is 2.61. The third-order valence-electron chi connectivity index (χ3n) is 5.42. The molecule has 3 aliphatic heterocycles. The van der Waals surface area contributed by atoms with Crippen molar-refractivity contribution in [3.05, 3.63) is 0 Å². The van der Waals surface area contributed by atoms with Crippen LogP contribution in [0.3, 0.4) is 0 Å². The van der Waals surface area contributed by atoms with Gasteiger partial charge in [0.15, 0.2) is 0 Å². The number of alkyl halides is 1. The summed E-state index contributed by atoms with van der Waals surface area (Å²) in [6.45, 7) is 12.5. The normalized spacial score (nSPS) is 47.2. The van der Waals surface area contributed by atoms with Gasteiger partial charge in [-0.05, 0) is 48.0 Å². The van der Waals surface area contributed by atoms with Crippen molar-refractivity contribution in [2.75, 3.05) is 0 Å². The summed E-state index contributed by atoms with van der Waals surface area (Å²) in [5.74, 6) is 0. The largest absolute Gasteiger partial charge is 0.489 e. The molecular formula is C12H21B2BrO4. The van der Waals surface area contributed by atoms with E-state index in [-0.39, 0.29) is 21.6 Å². The second kappa shape index (κ2) is 3.80. The lowest BCUT2D eigenvalue weighted by molar-refractivity contribution is -0.0520. The fourth-order valence-corrected chi connectivity index (χ4v) is 4.43. The van der Waals surface area contributed by atoms with Crippen LogP contribution in [0.5, 0.6) is 0 Å². The number of hydrogen-bond acceptors (Lipinski definition) is 4. The molecule has 3 fully saturated rings. The van der Waals surface area contributed by atoms with E-state index in [2.05, 4.69) is 57.5 Å². The van der Waals surface area contributed by atoms with Crippen molar-refractivity contribution in [1.29, 1.82) is 0 Å². The molecule has 0 saturated carbocycles. The molecule has 106 valence electrons. The second-order valence-corrected chi connectivity index (χ2v) is 8.34. The van der Waals surface area contributed by atoms with E-state index in [1.54, 1.807) is 0 Å². The molecule has 4 nitrogen and oxygen atoms in total. The molecule has 7 heteroatoms. The minimum Gasteiger partial charge on any atom is -0.405 e. The number of fused-ring (bicyclic) bond motifs is 5. The van der Waals surface area contributed by atoms with Crippen LogP contribution >= 0.6 is 15.9 Å². The predicted molar refractivity (Wildman–Crippen MR) is 78.1 cm³/mol. The molecule has 0 aromatic heterocycles. The Morgan fingerprint density at radius 2 is 1.37 bits per heavy atom. The summed E-state index contributed by atoms with van der Waals surface area (Å²) in [6.07, 6.45) is 0.812. The summed E-state index contributed by atoms with van der Waals surface area (Å²) < 4.78 is 24.4. The Morgan fingerprint density at radius 1 is 0.842 bits per heavy atom. The Morgan fingerprint density at radius 3 is 2.00 bits per heavy atom. The minimum absolute atomic E-state index is 0.131. The summed E-state index contributed by atoms with van der Waals surface area (Å²) in [6, 6.07) is 0. The monoisotopic (exact) mass is 330 g/mol. The molecule has 0 spiro atoms. The van der Waals surface area contributed by atoms with Crippen LogP contribution in [0.1, 0.15) is 48.0 Å². The molecule has 19 heavy (non-hydrogen) atoms. The molecule has 4 bridgehead atoms. The third kappa shape index (κ3) is 1.75. The van der Waals surface area contributed by atoms with E-state index < -0.39 is 19.6 Å². The lowest BCUT2D eigenvalue weighted by Gasteiger charge is -2.45. The predicted octanol–water partition coefficient (Wildman–Crippen LogP) is 2.38. The highest BCUT2D eigenvalue weighted by molar-refractivity contribution is 9.09. The van der Waals surface area contributed by atoms with Gasteiger partial charge in [-0.1, -0.05) is 15.9 Å². The van der Waals surface area contributed by atoms with Crippen molar-refractivity contribution < 1.29 is 18.6 Å². The molecule has 3 unspecified atom stereocenters. The molecule has 3 aliphatic rings. The van der Waals surface area contributed by atoms with Crippen molar-refractivity contribution in [2.45, 2.75) is 75.2 Å². The van der Waals surface area contributed by atoms with Crippen molar-refractivity contribution >= 4 is 29.9 Å². The van der Waals surface area contributed by atoms with Crippen molar-refractivity contribution in [3.8, 4) is 0 Å². The van der Waals surface area contributed by atoms with E-state index in [4.69, 9.17) is 18.6 Å². The topological polar surface area (TPSA) is 36.9 Å². The smallest absolute Gasteiger partial charge is 0.405 e. The molecule has 3 atom stereocenters. The van der Waals surface area contributed by atoms with Crippen LogP contribution in [0.25, 0.3) is 0 Å². The quantitative estimate of drug-likeness (QED) is 0.505. The first kappa shape index (κ1) is 14.4. The molecule has 0 aromatic carbocycles. The van der Waals surface area contributed by atoms with Gasteiger partial charge in [-0.3, -0.25) is 0 Å². The zero-order valence-corrected chi connectivity index (χ0v) is 14.0. The van der Waals surface area contributed by atoms with Gasteiger partial charge in [0.05, 0.1) is 22.4 Å². The fourth-order valence-electron chi connectivity index (χ4n) is 3.16. The lowest BCUT2D eigenvalue weighted by Crippen LogP contribution is -2.56. The first-order valence-corrected chi connectivity index (χ1v) is 7.78. The summed E-state index contributed by atoms with van der Waals surface area (Å²) >= 11 is 3.80. The van der Waals surface area contributed by atoms with Gasteiger partial charge in [0, 0.05) is 4.83 Å². The second-order valence-electron chi connectivity index (χ2n) is 7.24. The van der Waals surface area contributed by atoms with Gasteiger partial charge in [-0.15, -0.1) is 0 Å². The summed E-state index contributed by atoms with van der Waals surface area (Å²) in [7, 11) is -0.928. The van der Waals surface area contributed by atoms with Crippen LogP contribution in [0.15, 0.2) is 0 Å². The summed E-state index contributed by atoms with van der Waals surface area (Å²) in [5, 5.41) is 0. The number of hydrogen-bond donors (Lipinski definition) is 0. The van der Waals surface area contributed by atoms with Crippen LogP contribution in [0.2, 0.25) is 0 Å². The molecule has 0 radical (unpaired) electrons. The first-order chi connectivity index (χ1) is 8.51. The Balaban J connectivity index is 2.04. The van der Waals surface area contributed by atoms with Gasteiger partial charge in [0.2, 0.25) is 0 Å². The van der Waals surface area contributed by atoms with Crippen LogP contribution < -0.4 is 0 Å². The molecule has 0 aliphatic carbocycles. The van der Waals surface area contributed by atoms with E-state index in [1.165, 1.54) is 0 Å². The van der Waals surface area contributed by atoms with Crippen molar-refractivity contribution in [2.24, 2.45) is 0 Å².